The first-order chi connectivity index (χ1) is 8.13. The van der Waals surface area contributed by atoms with E-state index in [1.54, 1.807) is 23.6 Å². The van der Waals surface area contributed by atoms with Gasteiger partial charge < -0.3 is 14.4 Å². The van der Waals surface area contributed by atoms with Gasteiger partial charge in [0.2, 0.25) is 5.91 Å². The molecular formula is C12H21NO3S. The first-order valence-corrected chi connectivity index (χ1v) is 7.18. The molecule has 0 N–H and O–H groups in total. The Hall–Kier alpha value is -0.550. The van der Waals surface area contributed by atoms with E-state index in [2.05, 4.69) is 6.92 Å². The normalized spacial score (nSPS) is 20.7. The SMILES string of the molecule is CCCSC1CC(=O)N(CCCC(C)=O)CO1. The molecule has 0 spiro atoms. The summed E-state index contributed by atoms with van der Waals surface area (Å²) in [6.45, 7) is 4.69. The van der Waals surface area contributed by atoms with Crippen LogP contribution >= 0.6 is 11.8 Å². The molecule has 0 bridgehead atoms. The summed E-state index contributed by atoms with van der Waals surface area (Å²) in [6.07, 6.45) is 2.83. The van der Waals surface area contributed by atoms with Crippen molar-refractivity contribution in [2.75, 3.05) is 19.0 Å². The molecule has 1 fully saturated rings. The number of hydrogen-bond acceptors (Lipinski definition) is 4. The summed E-state index contributed by atoms with van der Waals surface area (Å²) in [4.78, 5) is 24.3. The molecular weight excluding hydrogens is 238 g/mol. The largest absolute Gasteiger partial charge is 0.347 e. The Labute approximate surface area is 107 Å². The van der Waals surface area contributed by atoms with Gasteiger partial charge >= 0.3 is 0 Å². The van der Waals surface area contributed by atoms with Gasteiger partial charge in [0, 0.05) is 13.0 Å². The van der Waals surface area contributed by atoms with Crippen molar-refractivity contribution in [1.82, 2.24) is 4.90 Å². The number of nitrogens with zero attached hydrogens (tertiary/aromatic N) is 1. The second kappa shape index (κ2) is 7.71. The Bertz CT molecular complexity index is 270. The number of hydrogen-bond donors (Lipinski definition) is 0. The molecule has 1 heterocycles. The lowest BCUT2D eigenvalue weighted by Crippen LogP contribution is -2.42. The lowest BCUT2D eigenvalue weighted by Gasteiger charge is -2.31. The van der Waals surface area contributed by atoms with E-state index in [1.807, 2.05) is 0 Å². The van der Waals surface area contributed by atoms with E-state index in [4.69, 9.17) is 4.74 Å². The fraction of sp³-hybridized carbons (Fsp3) is 0.833. The number of rotatable bonds is 7. The zero-order valence-electron chi connectivity index (χ0n) is 10.6. The van der Waals surface area contributed by atoms with Gasteiger partial charge in [0.1, 0.15) is 18.0 Å². The van der Waals surface area contributed by atoms with Crippen LogP contribution in [-0.2, 0) is 14.3 Å². The van der Waals surface area contributed by atoms with Crippen LogP contribution in [-0.4, -0.2) is 41.1 Å². The summed E-state index contributed by atoms with van der Waals surface area (Å²) in [5.74, 6) is 1.35. The minimum absolute atomic E-state index is 0.0199. The lowest BCUT2D eigenvalue weighted by molar-refractivity contribution is -0.147. The second-order valence-corrected chi connectivity index (χ2v) is 5.53. The molecule has 1 unspecified atom stereocenters. The van der Waals surface area contributed by atoms with Gasteiger partial charge in [-0.1, -0.05) is 6.92 Å². The minimum Gasteiger partial charge on any atom is -0.347 e. The van der Waals surface area contributed by atoms with Crippen LogP contribution in [0.15, 0.2) is 0 Å². The van der Waals surface area contributed by atoms with Crippen molar-refractivity contribution < 1.29 is 14.3 Å². The fourth-order valence-corrected chi connectivity index (χ4v) is 2.56. The highest BCUT2D eigenvalue weighted by atomic mass is 32.2. The maximum atomic E-state index is 11.8. The van der Waals surface area contributed by atoms with Gasteiger partial charge in [-0.2, -0.15) is 0 Å². The topological polar surface area (TPSA) is 46.6 Å². The monoisotopic (exact) mass is 259 g/mol. The molecule has 1 atom stereocenters. The van der Waals surface area contributed by atoms with Crippen LogP contribution in [0.1, 0.15) is 39.5 Å². The summed E-state index contributed by atoms with van der Waals surface area (Å²) in [5, 5.41) is 0. The van der Waals surface area contributed by atoms with E-state index >= 15 is 0 Å². The molecule has 5 heteroatoms. The molecule has 4 nitrogen and oxygen atoms in total. The molecule has 1 aliphatic rings. The Morgan fingerprint density at radius 3 is 2.94 bits per heavy atom. The molecule has 0 aromatic rings. The highest BCUT2D eigenvalue weighted by Gasteiger charge is 2.25. The molecule has 1 rings (SSSR count). The summed E-state index contributed by atoms with van der Waals surface area (Å²) < 4.78 is 5.60. The van der Waals surface area contributed by atoms with Crippen molar-refractivity contribution in [2.45, 2.75) is 45.0 Å². The zero-order chi connectivity index (χ0) is 12.7. The fourth-order valence-electron chi connectivity index (χ4n) is 1.64. The molecule has 98 valence electrons. The third kappa shape index (κ3) is 5.55. The van der Waals surface area contributed by atoms with Gasteiger partial charge in [-0.25, -0.2) is 0 Å². The molecule has 1 aliphatic heterocycles. The summed E-state index contributed by atoms with van der Waals surface area (Å²) in [5.41, 5.74) is 0.0199. The van der Waals surface area contributed by atoms with E-state index in [0.717, 1.165) is 18.6 Å². The molecule has 0 aliphatic carbocycles. The lowest BCUT2D eigenvalue weighted by atomic mass is 10.2. The van der Waals surface area contributed by atoms with E-state index in [1.165, 1.54) is 0 Å². The van der Waals surface area contributed by atoms with Crippen molar-refractivity contribution in [3.05, 3.63) is 0 Å². The maximum absolute atomic E-state index is 11.8. The van der Waals surface area contributed by atoms with Crippen molar-refractivity contribution in [3.63, 3.8) is 0 Å². The molecule has 1 amide bonds. The van der Waals surface area contributed by atoms with Crippen LogP contribution in [0.2, 0.25) is 0 Å². The van der Waals surface area contributed by atoms with Gasteiger partial charge in [-0.05, 0) is 25.5 Å². The van der Waals surface area contributed by atoms with E-state index < -0.39 is 0 Å². The van der Waals surface area contributed by atoms with Gasteiger partial charge in [0.15, 0.2) is 0 Å². The predicted molar refractivity (Wildman–Crippen MR) is 68.7 cm³/mol. The zero-order valence-corrected chi connectivity index (χ0v) is 11.4. The van der Waals surface area contributed by atoms with Gasteiger partial charge in [0.25, 0.3) is 0 Å². The molecule has 17 heavy (non-hydrogen) atoms. The van der Waals surface area contributed by atoms with Crippen LogP contribution < -0.4 is 0 Å². The van der Waals surface area contributed by atoms with E-state index in [0.29, 0.717) is 26.1 Å². The second-order valence-electron chi connectivity index (χ2n) is 4.26. The Morgan fingerprint density at radius 1 is 1.59 bits per heavy atom. The number of Topliss-reactive ketones (excluding diaryl/α,β-unsaturated/α-hetero) is 1. The van der Waals surface area contributed by atoms with Crippen LogP contribution in [0, 0.1) is 0 Å². The standard InChI is InChI=1S/C12H21NO3S/c1-3-7-17-12-8-11(15)13(9-16-12)6-4-5-10(2)14/h12H,3-9H2,1-2H3. The average Bonchev–Trinajstić information content (AvgIpc) is 2.28. The number of ether oxygens (including phenoxy) is 1. The van der Waals surface area contributed by atoms with Crippen LogP contribution in [0.3, 0.4) is 0 Å². The molecule has 0 saturated carbocycles. The minimum atomic E-state index is 0.0199. The molecule has 0 radical (unpaired) electrons. The van der Waals surface area contributed by atoms with Crippen molar-refractivity contribution in [1.29, 1.82) is 0 Å². The molecule has 0 aromatic heterocycles. The van der Waals surface area contributed by atoms with Crippen molar-refractivity contribution in [3.8, 4) is 0 Å². The first kappa shape index (κ1) is 14.5. The highest BCUT2D eigenvalue weighted by molar-refractivity contribution is 7.99. The number of ketones is 1. The smallest absolute Gasteiger partial charge is 0.227 e. The number of carbonyl (C=O) groups excluding carboxylic acids is 2. The molecule has 1 saturated heterocycles. The average molecular weight is 259 g/mol. The number of thioether (sulfide) groups is 1. The van der Waals surface area contributed by atoms with Crippen LogP contribution in [0.25, 0.3) is 0 Å². The molecule has 0 aromatic carbocycles. The van der Waals surface area contributed by atoms with Gasteiger partial charge in [-0.3, -0.25) is 4.79 Å². The summed E-state index contributed by atoms with van der Waals surface area (Å²) in [7, 11) is 0. The summed E-state index contributed by atoms with van der Waals surface area (Å²) in [6, 6.07) is 0. The highest BCUT2D eigenvalue weighted by Crippen LogP contribution is 2.22. The van der Waals surface area contributed by atoms with Crippen LogP contribution in [0.4, 0.5) is 0 Å². The first-order valence-electron chi connectivity index (χ1n) is 6.14. The van der Waals surface area contributed by atoms with Crippen LogP contribution in [0.5, 0.6) is 0 Å². The third-order valence-electron chi connectivity index (χ3n) is 2.57. The van der Waals surface area contributed by atoms with Crippen molar-refractivity contribution in [2.24, 2.45) is 0 Å². The summed E-state index contributed by atoms with van der Waals surface area (Å²) >= 11 is 1.71. The van der Waals surface area contributed by atoms with E-state index in [-0.39, 0.29) is 17.1 Å². The van der Waals surface area contributed by atoms with Gasteiger partial charge in [0.05, 0.1) is 6.42 Å². The van der Waals surface area contributed by atoms with Gasteiger partial charge in [-0.15, -0.1) is 11.8 Å². The predicted octanol–water partition coefficient (Wildman–Crippen LogP) is 2.03. The quantitative estimate of drug-likeness (QED) is 0.702. The van der Waals surface area contributed by atoms with Crippen molar-refractivity contribution >= 4 is 23.5 Å². The number of carbonyl (C=O) groups is 2. The Kier molecular flexibility index (Phi) is 6.58. The third-order valence-corrected chi connectivity index (χ3v) is 3.89. The maximum Gasteiger partial charge on any atom is 0.227 e. The Morgan fingerprint density at radius 2 is 2.35 bits per heavy atom. The van der Waals surface area contributed by atoms with E-state index in [9.17, 15) is 9.59 Å². The number of amides is 1. The Balaban J connectivity index is 2.23.